The van der Waals surface area contributed by atoms with Crippen LogP contribution in [0.4, 0.5) is 21.0 Å². The van der Waals surface area contributed by atoms with E-state index >= 15 is 0 Å². The number of benzene rings is 2. The molecule has 0 heterocycles. The highest BCUT2D eigenvalue weighted by molar-refractivity contribution is 7.91. The van der Waals surface area contributed by atoms with Gasteiger partial charge in [-0.2, -0.15) is 0 Å². The van der Waals surface area contributed by atoms with Crippen LogP contribution in [0, 0.1) is 0 Å². The molecular formula is C24H32N4O6S. The number of anilines is 1. The van der Waals surface area contributed by atoms with Crippen LogP contribution in [0.3, 0.4) is 0 Å². The molecule has 2 aromatic rings. The van der Waals surface area contributed by atoms with Gasteiger partial charge in [0.25, 0.3) is 0 Å². The smallest absolute Gasteiger partial charge is 0.414 e. The van der Waals surface area contributed by atoms with Gasteiger partial charge in [-0.05, 0) is 71.4 Å². The van der Waals surface area contributed by atoms with E-state index in [-0.39, 0.29) is 11.7 Å². The Balaban J connectivity index is 2.17. The number of carbonyl (C=O) groups excluding carboxylic acids is 2. The average molecular weight is 505 g/mol. The molecule has 11 heteroatoms. The van der Waals surface area contributed by atoms with E-state index in [1.807, 2.05) is 6.07 Å². The van der Waals surface area contributed by atoms with Crippen molar-refractivity contribution in [3.8, 4) is 0 Å². The zero-order valence-corrected chi connectivity index (χ0v) is 21.5. The maximum Gasteiger partial charge on any atom is 0.414 e. The van der Waals surface area contributed by atoms with Gasteiger partial charge in [0.15, 0.2) is 0 Å². The molecule has 2 rings (SSSR count). The second-order valence-corrected chi connectivity index (χ2v) is 11.3. The summed E-state index contributed by atoms with van der Waals surface area (Å²) in [5.41, 5.74) is -0.202. The largest absolute Gasteiger partial charge is 0.444 e. The number of hydrogen-bond acceptors (Lipinski definition) is 7. The molecule has 10 nitrogen and oxygen atoms in total. The van der Waals surface area contributed by atoms with Crippen molar-refractivity contribution in [1.82, 2.24) is 10.6 Å². The van der Waals surface area contributed by atoms with E-state index in [0.29, 0.717) is 16.9 Å². The molecule has 0 radical (unpaired) electrons. The van der Waals surface area contributed by atoms with Crippen LogP contribution < -0.4 is 15.4 Å². The molecule has 190 valence electrons. The first-order chi connectivity index (χ1) is 16.1. The van der Waals surface area contributed by atoms with Crippen molar-refractivity contribution in [2.75, 3.05) is 4.72 Å². The molecule has 0 bridgehead atoms. The Labute approximate surface area is 206 Å². The van der Waals surface area contributed by atoms with E-state index in [0.717, 1.165) is 0 Å². The fraction of sp³-hybridized carbons (Fsp3) is 0.375. The highest BCUT2D eigenvalue weighted by Gasteiger charge is 2.21. The standard InChI is InChI=1S/C24H32N4O6S/c1-23(2,3)33-21(29)26-20(27-22(30)34-24(4,5)6)25-18-12-14-19(15-13-18)28-35(31,32)16-17-10-8-7-9-11-17/h7-15,28H,16H2,1-6H3,(H2,25,26,27,29,30). The van der Waals surface area contributed by atoms with Crippen molar-refractivity contribution >= 4 is 39.5 Å². The zero-order valence-electron chi connectivity index (χ0n) is 20.7. The maximum atomic E-state index is 12.4. The van der Waals surface area contributed by atoms with Crippen molar-refractivity contribution in [2.45, 2.75) is 58.5 Å². The fourth-order valence-electron chi connectivity index (χ4n) is 2.63. The van der Waals surface area contributed by atoms with Gasteiger partial charge in [0.05, 0.1) is 11.4 Å². The number of ether oxygens (including phenoxy) is 2. The number of hydrogen-bond donors (Lipinski definition) is 3. The number of carbonyl (C=O) groups is 2. The van der Waals surface area contributed by atoms with E-state index in [4.69, 9.17) is 9.47 Å². The SMILES string of the molecule is CC(C)(C)OC(=O)NC(=Nc1ccc(NS(=O)(=O)Cc2ccccc2)cc1)NC(=O)OC(C)(C)C. The summed E-state index contributed by atoms with van der Waals surface area (Å²) >= 11 is 0. The molecule has 0 atom stereocenters. The van der Waals surface area contributed by atoms with Crippen LogP contribution in [0.25, 0.3) is 0 Å². The Hall–Kier alpha value is -3.60. The molecule has 0 aliphatic carbocycles. The van der Waals surface area contributed by atoms with Gasteiger partial charge in [0, 0.05) is 5.69 Å². The third-order valence-corrected chi connectivity index (χ3v) is 5.08. The van der Waals surface area contributed by atoms with Crippen LogP contribution in [0.1, 0.15) is 47.1 Å². The van der Waals surface area contributed by atoms with Crippen molar-refractivity contribution < 1.29 is 27.5 Å². The van der Waals surface area contributed by atoms with Crippen LogP contribution in [0.15, 0.2) is 59.6 Å². The maximum absolute atomic E-state index is 12.4. The number of aliphatic imine (C=N–C) groups is 1. The van der Waals surface area contributed by atoms with Crippen molar-refractivity contribution in [2.24, 2.45) is 4.99 Å². The number of amides is 2. The third-order valence-electron chi connectivity index (χ3n) is 3.82. The van der Waals surface area contributed by atoms with Gasteiger partial charge >= 0.3 is 12.2 Å². The van der Waals surface area contributed by atoms with Gasteiger partial charge < -0.3 is 9.47 Å². The molecule has 3 N–H and O–H groups in total. The lowest BCUT2D eigenvalue weighted by Gasteiger charge is -2.22. The third kappa shape index (κ3) is 11.4. The average Bonchev–Trinajstić information content (AvgIpc) is 2.66. The highest BCUT2D eigenvalue weighted by atomic mass is 32.2. The van der Waals surface area contributed by atoms with E-state index in [1.165, 1.54) is 24.3 Å². The van der Waals surface area contributed by atoms with E-state index in [9.17, 15) is 18.0 Å². The predicted molar refractivity (Wildman–Crippen MR) is 135 cm³/mol. The predicted octanol–water partition coefficient (Wildman–Crippen LogP) is 4.67. The summed E-state index contributed by atoms with van der Waals surface area (Å²) in [6.45, 7) is 10.2. The minimum atomic E-state index is -3.62. The molecule has 2 amide bonds. The molecule has 0 aromatic heterocycles. The Bertz CT molecular complexity index is 1120. The first-order valence-corrected chi connectivity index (χ1v) is 12.5. The molecular weight excluding hydrogens is 472 g/mol. The molecule has 35 heavy (non-hydrogen) atoms. The van der Waals surface area contributed by atoms with Gasteiger partial charge in [-0.1, -0.05) is 30.3 Å². The quantitative estimate of drug-likeness (QED) is 0.400. The number of guanidine groups is 1. The van der Waals surface area contributed by atoms with E-state index in [2.05, 4.69) is 20.3 Å². The molecule has 0 spiro atoms. The number of nitrogens with zero attached hydrogens (tertiary/aromatic N) is 1. The van der Waals surface area contributed by atoms with Crippen LogP contribution in [0.2, 0.25) is 0 Å². The lowest BCUT2D eigenvalue weighted by molar-refractivity contribution is 0.0545. The van der Waals surface area contributed by atoms with E-state index in [1.54, 1.807) is 65.8 Å². The minimum Gasteiger partial charge on any atom is -0.444 e. The van der Waals surface area contributed by atoms with Crippen LogP contribution in [0.5, 0.6) is 0 Å². The summed E-state index contributed by atoms with van der Waals surface area (Å²) in [5, 5.41) is 4.77. The van der Waals surface area contributed by atoms with Crippen molar-refractivity contribution in [3.63, 3.8) is 0 Å². The summed E-state index contributed by atoms with van der Waals surface area (Å²) in [6, 6.07) is 14.9. The number of rotatable bonds is 5. The summed E-state index contributed by atoms with van der Waals surface area (Å²) in [7, 11) is -3.62. The molecule has 0 unspecified atom stereocenters. The Morgan fingerprint density at radius 2 is 1.29 bits per heavy atom. The topological polar surface area (TPSA) is 135 Å². The van der Waals surface area contributed by atoms with Crippen LogP contribution in [-0.2, 0) is 25.2 Å². The highest BCUT2D eigenvalue weighted by Crippen LogP contribution is 2.19. The lowest BCUT2D eigenvalue weighted by atomic mass is 10.2. The Kier molecular flexibility index (Phi) is 8.86. The monoisotopic (exact) mass is 504 g/mol. The zero-order chi connectivity index (χ0) is 26.3. The Morgan fingerprint density at radius 3 is 1.74 bits per heavy atom. The van der Waals surface area contributed by atoms with Gasteiger partial charge in [-0.25, -0.2) is 23.0 Å². The molecule has 0 fully saturated rings. The molecule has 0 saturated carbocycles. The van der Waals surface area contributed by atoms with Gasteiger partial charge in [0.2, 0.25) is 16.0 Å². The first kappa shape index (κ1) is 27.6. The van der Waals surface area contributed by atoms with Crippen molar-refractivity contribution in [3.05, 3.63) is 60.2 Å². The second kappa shape index (κ2) is 11.2. The van der Waals surface area contributed by atoms with Crippen LogP contribution in [-0.4, -0.2) is 37.8 Å². The molecule has 0 saturated heterocycles. The first-order valence-electron chi connectivity index (χ1n) is 10.8. The van der Waals surface area contributed by atoms with Gasteiger partial charge in [0.1, 0.15) is 11.2 Å². The number of alkyl carbamates (subject to hydrolysis) is 2. The normalized spacial score (nSPS) is 11.7. The summed E-state index contributed by atoms with van der Waals surface area (Å²) in [5.74, 6) is -0.386. The van der Waals surface area contributed by atoms with Crippen molar-refractivity contribution in [1.29, 1.82) is 0 Å². The molecule has 2 aromatic carbocycles. The van der Waals surface area contributed by atoms with Gasteiger partial charge in [-0.3, -0.25) is 15.4 Å². The molecule has 0 aliphatic rings. The fourth-order valence-corrected chi connectivity index (χ4v) is 3.83. The lowest BCUT2D eigenvalue weighted by Crippen LogP contribution is -2.47. The van der Waals surface area contributed by atoms with E-state index < -0.39 is 33.4 Å². The summed E-state index contributed by atoms with van der Waals surface area (Å²) in [6.07, 6.45) is -1.64. The summed E-state index contributed by atoms with van der Waals surface area (Å²) in [4.78, 5) is 28.6. The molecule has 0 aliphatic heterocycles. The number of nitrogens with one attached hydrogen (secondary N) is 3. The Morgan fingerprint density at radius 1 is 0.800 bits per heavy atom. The summed E-state index contributed by atoms with van der Waals surface area (Å²) < 4.78 is 37.8. The van der Waals surface area contributed by atoms with Gasteiger partial charge in [-0.15, -0.1) is 0 Å². The van der Waals surface area contributed by atoms with Crippen LogP contribution >= 0.6 is 0 Å². The number of sulfonamides is 1. The second-order valence-electron chi connectivity index (χ2n) is 9.61. The minimum absolute atomic E-state index is 0.169.